The zero-order valence-corrected chi connectivity index (χ0v) is 18.6. The maximum absolute atomic E-state index is 13.1. The van der Waals surface area contributed by atoms with E-state index in [1.165, 1.54) is 4.90 Å². The van der Waals surface area contributed by atoms with Gasteiger partial charge in [-0.2, -0.15) is 0 Å². The number of esters is 1. The number of hydrogen-bond acceptors (Lipinski definition) is 5. The van der Waals surface area contributed by atoms with Crippen molar-refractivity contribution in [1.82, 2.24) is 10.2 Å². The molecule has 0 aliphatic carbocycles. The van der Waals surface area contributed by atoms with Crippen LogP contribution in [0.3, 0.4) is 0 Å². The Balaban J connectivity index is 1.58. The van der Waals surface area contributed by atoms with Crippen molar-refractivity contribution in [3.63, 3.8) is 0 Å². The van der Waals surface area contributed by atoms with Crippen LogP contribution in [0.4, 0.5) is 0 Å². The van der Waals surface area contributed by atoms with Crippen LogP contribution in [0.25, 0.3) is 0 Å². The number of carbonyl (C=O) groups is 3. The van der Waals surface area contributed by atoms with E-state index < -0.39 is 12.0 Å². The molecule has 7 heteroatoms. The van der Waals surface area contributed by atoms with Gasteiger partial charge in [0, 0.05) is 25.1 Å². The first-order valence-corrected chi connectivity index (χ1v) is 10.9. The molecule has 32 heavy (non-hydrogen) atoms. The molecule has 2 aromatic carbocycles. The highest BCUT2D eigenvalue weighted by molar-refractivity contribution is 5.99. The Morgan fingerprint density at radius 3 is 2.50 bits per heavy atom. The summed E-state index contributed by atoms with van der Waals surface area (Å²) in [5.74, 6) is -0.0568. The van der Waals surface area contributed by atoms with E-state index in [2.05, 4.69) is 19.2 Å². The summed E-state index contributed by atoms with van der Waals surface area (Å²) in [6, 6.07) is 15.7. The van der Waals surface area contributed by atoms with Gasteiger partial charge in [0.2, 0.25) is 5.91 Å². The number of nitrogens with zero attached hydrogens (tertiary/aromatic N) is 1. The molecule has 7 nitrogen and oxygen atoms in total. The smallest absolute Gasteiger partial charge is 0.308 e. The molecule has 0 aromatic heterocycles. The summed E-state index contributed by atoms with van der Waals surface area (Å²) in [5.41, 5.74) is 1.51. The lowest BCUT2D eigenvalue weighted by molar-refractivity contribution is -0.147. The Kier molecular flexibility index (Phi) is 8.25. The molecule has 1 aliphatic rings. The summed E-state index contributed by atoms with van der Waals surface area (Å²) in [5, 5.41) is 2.73. The number of hydrogen-bond donors (Lipinski definition) is 1. The van der Waals surface area contributed by atoms with Crippen LogP contribution in [0.15, 0.2) is 54.6 Å². The maximum atomic E-state index is 13.1. The summed E-state index contributed by atoms with van der Waals surface area (Å²) in [7, 11) is 0. The van der Waals surface area contributed by atoms with Crippen LogP contribution in [-0.2, 0) is 20.7 Å². The van der Waals surface area contributed by atoms with Crippen molar-refractivity contribution in [2.45, 2.75) is 32.7 Å². The molecule has 0 bridgehead atoms. The third-order valence-corrected chi connectivity index (χ3v) is 5.13. The van der Waals surface area contributed by atoms with Crippen molar-refractivity contribution < 1.29 is 23.9 Å². The Hall–Kier alpha value is -3.35. The lowest BCUT2D eigenvalue weighted by Crippen LogP contribution is -2.57. The van der Waals surface area contributed by atoms with Crippen LogP contribution in [0.2, 0.25) is 0 Å². The molecule has 1 heterocycles. The van der Waals surface area contributed by atoms with E-state index in [9.17, 15) is 14.4 Å². The molecule has 1 fully saturated rings. The first kappa shape index (κ1) is 23.3. The summed E-state index contributed by atoms with van der Waals surface area (Å²) >= 11 is 0. The highest BCUT2D eigenvalue weighted by Crippen LogP contribution is 2.18. The molecule has 3 rings (SSSR count). The zero-order chi connectivity index (χ0) is 22.9. The van der Waals surface area contributed by atoms with E-state index in [1.54, 1.807) is 24.3 Å². The molecule has 170 valence electrons. The molecule has 1 unspecified atom stereocenters. The standard InChI is InChI=1S/C25H30N2O5/c1-18(2)17-32-21-10-8-20(9-11-21)25(30)27-14-13-26-24(29)22(27)16-23(28)31-15-12-19-6-4-3-5-7-19/h3-11,18,22H,12-17H2,1-2H3,(H,26,29). The van der Waals surface area contributed by atoms with Gasteiger partial charge in [-0.25, -0.2) is 0 Å². The normalized spacial score (nSPS) is 15.9. The van der Waals surface area contributed by atoms with Gasteiger partial charge in [-0.15, -0.1) is 0 Å². The second-order valence-corrected chi connectivity index (χ2v) is 8.19. The van der Waals surface area contributed by atoms with Crippen LogP contribution in [-0.4, -0.2) is 55.0 Å². The Morgan fingerprint density at radius 2 is 1.81 bits per heavy atom. The SMILES string of the molecule is CC(C)COc1ccc(C(=O)N2CCNC(=O)C2CC(=O)OCCc2ccccc2)cc1. The van der Waals surface area contributed by atoms with Gasteiger partial charge < -0.3 is 19.7 Å². The average molecular weight is 439 g/mol. The van der Waals surface area contributed by atoms with E-state index in [-0.39, 0.29) is 24.8 Å². The molecule has 1 atom stereocenters. The minimum absolute atomic E-state index is 0.179. The third-order valence-electron chi connectivity index (χ3n) is 5.13. The van der Waals surface area contributed by atoms with Gasteiger partial charge in [-0.1, -0.05) is 44.2 Å². The van der Waals surface area contributed by atoms with E-state index in [4.69, 9.17) is 9.47 Å². The first-order valence-electron chi connectivity index (χ1n) is 10.9. The van der Waals surface area contributed by atoms with Crippen LogP contribution in [0, 0.1) is 5.92 Å². The van der Waals surface area contributed by atoms with Crippen molar-refractivity contribution in [2.75, 3.05) is 26.3 Å². The van der Waals surface area contributed by atoms with Crippen LogP contribution in [0.5, 0.6) is 5.75 Å². The quantitative estimate of drug-likeness (QED) is 0.609. The van der Waals surface area contributed by atoms with Gasteiger partial charge in [-0.3, -0.25) is 14.4 Å². The molecular formula is C25H30N2O5. The van der Waals surface area contributed by atoms with E-state index in [1.807, 2.05) is 30.3 Å². The summed E-state index contributed by atoms with van der Waals surface area (Å²) in [6.07, 6.45) is 0.416. The fraction of sp³-hybridized carbons (Fsp3) is 0.400. The third kappa shape index (κ3) is 6.57. The number of benzene rings is 2. The highest BCUT2D eigenvalue weighted by Gasteiger charge is 2.35. The van der Waals surface area contributed by atoms with Gasteiger partial charge in [0.1, 0.15) is 11.8 Å². The molecule has 0 spiro atoms. The predicted molar refractivity (Wildman–Crippen MR) is 120 cm³/mol. The van der Waals surface area contributed by atoms with Gasteiger partial charge in [-0.05, 0) is 35.7 Å². The highest BCUT2D eigenvalue weighted by atomic mass is 16.5. The molecule has 0 saturated carbocycles. The van der Waals surface area contributed by atoms with Gasteiger partial charge >= 0.3 is 5.97 Å². The number of amides is 2. The fourth-order valence-electron chi connectivity index (χ4n) is 3.43. The largest absolute Gasteiger partial charge is 0.493 e. The Labute approximate surface area is 188 Å². The predicted octanol–water partition coefficient (Wildman–Crippen LogP) is 2.84. The number of nitrogens with one attached hydrogen (secondary N) is 1. The fourth-order valence-corrected chi connectivity index (χ4v) is 3.43. The molecule has 1 saturated heterocycles. The second kappa shape index (κ2) is 11.3. The van der Waals surface area contributed by atoms with Crippen molar-refractivity contribution in [3.05, 3.63) is 65.7 Å². The number of rotatable bonds is 9. The summed E-state index contributed by atoms with van der Waals surface area (Å²) in [6.45, 7) is 5.62. The zero-order valence-electron chi connectivity index (χ0n) is 18.6. The van der Waals surface area contributed by atoms with Crippen molar-refractivity contribution in [1.29, 1.82) is 0 Å². The molecular weight excluding hydrogens is 408 g/mol. The van der Waals surface area contributed by atoms with Crippen molar-refractivity contribution >= 4 is 17.8 Å². The Bertz CT molecular complexity index is 912. The monoisotopic (exact) mass is 438 g/mol. The van der Waals surface area contributed by atoms with E-state index in [0.29, 0.717) is 43.3 Å². The van der Waals surface area contributed by atoms with Crippen LogP contribution >= 0.6 is 0 Å². The molecule has 1 N–H and O–H groups in total. The van der Waals surface area contributed by atoms with Crippen LogP contribution < -0.4 is 10.1 Å². The topological polar surface area (TPSA) is 84.9 Å². The van der Waals surface area contributed by atoms with Crippen molar-refractivity contribution in [3.8, 4) is 5.75 Å². The summed E-state index contributed by atoms with van der Waals surface area (Å²) < 4.78 is 11.0. The summed E-state index contributed by atoms with van der Waals surface area (Å²) in [4.78, 5) is 39.3. The first-order chi connectivity index (χ1) is 15.4. The van der Waals surface area contributed by atoms with Gasteiger partial charge in [0.05, 0.1) is 19.6 Å². The lowest BCUT2D eigenvalue weighted by Gasteiger charge is -2.34. The van der Waals surface area contributed by atoms with Crippen molar-refractivity contribution in [2.24, 2.45) is 5.92 Å². The number of carbonyl (C=O) groups excluding carboxylic acids is 3. The molecule has 2 aromatic rings. The Morgan fingerprint density at radius 1 is 1.09 bits per heavy atom. The second-order valence-electron chi connectivity index (χ2n) is 8.19. The van der Waals surface area contributed by atoms with E-state index >= 15 is 0 Å². The minimum Gasteiger partial charge on any atom is -0.493 e. The number of ether oxygens (including phenoxy) is 2. The molecule has 1 aliphatic heterocycles. The number of piperazine rings is 1. The minimum atomic E-state index is -0.891. The van der Waals surface area contributed by atoms with Crippen LogP contribution in [0.1, 0.15) is 36.2 Å². The maximum Gasteiger partial charge on any atom is 0.308 e. The average Bonchev–Trinajstić information content (AvgIpc) is 2.79. The van der Waals surface area contributed by atoms with Gasteiger partial charge in [0.25, 0.3) is 5.91 Å². The molecule has 2 amide bonds. The molecule has 0 radical (unpaired) electrons. The lowest BCUT2D eigenvalue weighted by atomic mass is 10.1. The van der Waals surface area contributed by atoms with Gasteiger partial charge in [0.15, 0.2) is 0 Å². The van der Waals surface area contributed by atoms with E-state index in [0.717, 1.165) is 5.56 Å².